The number of hydrogen-bond donors (Lipinski definition) is 1. The number of carbonyl (C=O) groups excluding carboxylic acids is 1. The molecular formula is C24H31FN4O4S. The van der Waals surface area contributed by atoms with Gasteiger partial charge in [-0.25, -0.2) is 22.1 Å². The van der Waals surface area contributed by atoms with Gasteiger partial charge < -0.3 is 14.6 Å². The van der Waals surface area contributed by atoms with Gasteiger partial charge in [-0.3, -0.25) is 4.79 Å². The Hall–Kier alpha value is -2.98. The van der Waals surface area contributed by atoms with Gasteiger partial charge in [0.15, 0.2) is 0 Å². The number of halogens is 1. The number of sulfonamides is 1. The third-order valence-electron chi connectivity index (χ3n) is 5.39. The van der Waals surface area contributed by atoms with E-state index in [0.717, 1.165) is 30.7 Å². The van der Waals surface area contributed by atoms with E-state index in [1.54, 1.807) is 18.2 Å². The lowest BCUT2D eigenvalue weighted by Gasteiger charge is -2.11. The summed E-state index contributed by atoms with van der Waals surface area (Å²) in [5.41, 5.74) is 1.45. The summed E-state index contributed by atoms with van der Waals surface area (Å²) in [4.78, 5) is 17.2. The Morgan fingerprint density at radius 3 is 2.59 bits per heavy atom. The summed E-state index contributed by atoms with van der Waals surface area (Å²) in [6.07, 6.45) is 2.62. The number of unbranched alkanes of at least 4 members (excludes halogenated alkanes) is 1. The van der Waals surface area contributed by atoms with Crippen LogP contribution in [0.2, 0.25) is 0 Å². The fourth-order valence-corrected chi connectivity index (χ4v) is 4.41. The van der Waals surface area contributed by atoms with Gasteiger partial charge in [0.05, 0.1) is 22.5 Å². The average molecular weight is 491 g/mol. The summed E-state index contributed by atoms with van der Waals surface area (Å²) in [5, 5.41) is 2.81. The van der Waals surface area contributed by atoms with Gasteiger partial charge in [-0.2, -0.15) is 0 Å². The quantitative estimate of drug-likeness (QED) is 0.393. The van der Waals surface area contributed by atoms with Crippen LogP contribution >= 0.6 is 0 Å². The van der Waals surface area contributed by atoms with E-state index in [2.05, 4.69) is 21.8 Å². The van der Waals surface area contributed by atoms with E-state index in [1.807, 2.05) is 0 Å². The first kappa shape index (κ1) is 25.6. The highest BCUT2D eigenvalue weighted by molar-refractivity contribution is 7.89. The van der Waals surface area contributed by atoms with Crippen LogP contribution in [0.4, 0.5) is 4.39 Å². The molecule has 0 fully saturated rings. The van der Waals surface area contributed by atoms with E-state index < -0.39 is 10.0 Å². The molecule has 0 unspecified atom stereocenters. The summed E-state index contributed by atoms with van der Waals surface area (Å²) in [6.45, 7) is 3.45. The van der Waals surface area contributed by atoms with Crippen molar-refractivity contribution in [3.05, 3.63) is 54.1 Å². The first-order valence-electron chi connectivity index (χ1n) is 11.3. The molecule has 8 nitrogen and oxygen atoms in total. The van der Waals surface area contributed by atoms with Gasteiger partial charge in [-0.05, 0) is 48.9 Å². The van der Waals surface area contributed by atoms with Gasteiger partial charge >= 0.3 is 0 Å². The van der Waals surface area contributed by atoms with Crippen molar-refractivity contribution in [2.45, 2.75) is 44.0 Å². The number of nitrogens with one attached hydrogen (secondary N) is 1. The zero-order valence-corrected chi connectivity index (χ0v) is 20.6. The maximum Gasteiger partial charge on any atom is 0.242 e. The van der Waals surface area contributed by atoms with E-state index in [9.17, 15) is 17.6 Å². The number of carbonyl (C=O) groups is 1. The Bertz CT molecular complexity index is 1220. The molecule has 0 aliphatic heterocycles. The molecule has 1 aromatic heterocycles. The van der Waals surface area contributed by atoms with Gasteiger partial charge in [-0.15, -0.1) is 0 Å². The van der Waals surface area contributed by atoms with Crippen LogP contribution in [0.1, 0.15) is 32.0 Å². The highest BCUT2D eigenvalue weighted by atomic mass is 32.2. The van der Waals surface area contributed by atoms with Crippen LogP contribution < -0.4 is 10.1 Å². The van der Waals surface area contributed by atoms with Crippen LogP contribution in [0.15, 0.2) is 47.4 Å². The second kappa shape index (κ2) is 11.4. The van der Waals surface area contributed by atoms with Crippen molar-refractivity contribution in [3.63, 3.8) is 0 Å². The van der Waals surface area contributed by atoms with Gasteiger partial charge in [-0.1, -0.05) is 13.3 Å². The molecule has 0 aliphatic rings. The van der Waals surface area contributed by atoms with Gasteiger partial charge in [0.25, 0.3) is 0 Å². The van der Waals surface area contributed by atoms with Gasteiger partial charge in [0, 0.05) is 33.5 Å². The van der Waals surface area contributed by atoms with E-state index in [1.165, 1.54) is 42.7 Å². The number of fused-ring (bicyclic) bond motifs is 1. The maximum absolute atomic E-state index is 12.9. The number of imidazole rings is 1. The number of hydrogen-bond acceptors (Lipinski definition) is 5. The average Bonchev–Trinajstić information content (AvgIpc) is 3.16. The zero-order valence-electron chi connectivity index (χ0n) is 19.8. The van der Waals surface area contributed by atoms with Crippen molar-refractivity contribution in [2.24, 2.45) is 0 Å². The minimum Gasteiger partial charge on any atom is -0.492 e. The molecule has 3 rings (SSSR count). The van der Waals surface area contributed by atoms with Crippen molar-refractivity contribution in [2.75, 3.05) is 27.2 Å². The molecule has 3 aromatic rings. The lowest BCUT2D eigenvalue weighted by Crippen LogP contribution is -2.28. The normalized spacial score (nSPS) is 11.8. The number of amides is 1. The maximum atomic E-state index is 12.9. The predicted molar refractivity (Wildman–Crippen MR) is 129 cm³/mol. The van der Waals surface area contributed by atoms with E-state index >= 15 is 0 Å². The Labute approximate surface area is 199 Å². The molecule has 0 aliphatic carbocycles. The highest BCUT2D eigenvalue weighted by Gasteiger charge is 2.20. The van der Waals surface area contributed by atoms with Crippen molar-refractivity contribution in [1.82, 2.24) is 19.2 Å². The molecule has 1 amide bonds. The largest absolute Gasteiger partial charge is 0.492 e. The first-order valence-corrected chi connectivity index (χ1v) is 12.7. The molecule has 1 heterocycles. The minimum absolute atomic E-state index is 0.132. The Kier molecular flexibility index (Phi) is 8.62. The lowest BCUT2D eigenvalue weighted by molar-refractivity contribution is -0.121. The van der Waals surface area contributed by atoms with Crippen molar-refractivity contribution < 1.29 is 22.3 Å². The smallest absolute Gasteiger partial charge is 0.242 e. The number of rotatable bonds is 12. The van der Waals surface area contributed by atoms with Crippen LogP contribution in [0.25, 0.3) is 11.0 Å². The Morgan fingerprint density at radius 1 is 1.18 bits per heavy atom. The summed E-state index contributed by atoms with van der Waals surface area (Å²) in [6, 6.07) is 10.7. The molecule has 0 atom stereocenters. The van der Waals surface area contributed by atoms with Crippen LogP contribution in [-0.2, 0) is 27.8 Å². The lowest BCUT2D eigenvalue weighted by atomic mass is 10.2. The van der Waals surface area contributed by atoms with Crippen LogP contribution in [0.5, 0.6) is 5.75 Å². The predicted octanol–water partition coefficient (Wildman–Crippen LogP) is 3.35. The molecular weight excluding hydrogens is 459 g/mol. The molecule has 34 heavy (non-hydrogen) atoms. The summed E-state index contributed by atoms with van der Waals surface area (Å²) >= 11 is 0. The molecule has 0 bridgehead atoms. The third-order valence-corrected chi connectivity index (χ3v) is 7.21. The molecule has 1 N–H and O–H groups in total. The Morgan fingerprint density at radius 2 is 1.91 bits per heavy atom. The summed E-state index contributed by atoms with van der Waals surface area (Å²) < 4.78 is 46.6. The monoisotopic (exact) mass is 490 g/mol. The SMILES string of the molecule is CCCCn1c(CCC(=O)NCCOc2ccc(F)cc2)nc2cc(S(=O)(=O)N(C)C)ccc21. The number of ether oxygens (including phenoxy) is 1. The second-order valence-corrected chi connectivity index (χ2v) is 10.3. The molecule has 0 spiro atoms. The molecule has 0 radical (unpaired) electrons. The molecule has 2 aromatic carbocycles. The van der Waals surface area contributed by atoms with Crippen LogP contribution in [0.3, 0.4) is 0 Å². The van der Waals surface area contributed by atoms with Crippen LogP contribution in [0, 0.1) is 5.82 Å². The highest BCUT2D eigenvalue weighted by Crippen LogP contribution is 2.23. The fourth-order valence-electron chi connectivity index (χ4n) is 3.49. The summed E-state index contributed by atoms with van der Waals surface area (Å²) in [7, 11) is -0.572. The number of benzene rings is 2. The van der Waals surface area contributed by atoms with Gasteiger partial charge in [0.2, 0.25) is 15.9 Å². The number of aryl methyl sites for hydroxylation is 2. The van der Waals surface area contributed by atoms with E-state index in [4.69, 9.17) is 4.74 Å². The molecule has 10 heteroatoms. The summed E-state index contributed by atoms with van der Waals surface area (Å²) in [5.74, 6) is 0.824. The van der Waals surface area contributed by atoms with Crippen molar-refractivity contribution >= 4 is 27.0 Å². The van der Waals surface area contributed by atoms with Crippen molar-refractivity contribution in [3.8, 4) is 5.75 Å². The molecule has 0 saturated carbocycles. The van der Waals surface area contributed by atoms with Gasteiger partial charge in [0.1, 0.15) is 24.0 Å². The van der Waals surface area contributed by atoms with Crippen LogP contribution in [-0.4, -0.2) is 55.4 Å². The zero-order chi connectivity index (χ0) is 24.7. The molecule has 0 saturated heterocycles. The Balaban J connectivity index is 1.63. The number of aromatic nitrogens is 2. The topological polar surface area (TPSA) is 93.5 Å². The first-order chi connectivity index (χ1) is 16.2. The molecule has 184 valence electrons. The van der Waals surface area contributed by atoms with Crippen molar-refractivity contribution in [1.29, 1.82) is 0 Å². The standard InChI is InChI=1S/C24H31FN4O4S/c1-4-5-15-29-22-11-10-20(34(31,32)28(2)3)17-21(22)27-23(29)12-13-24(30)26-14-16-33-19-8-6-18(25)7-9-19/h6-11,17H,4-5,12-16H2,1-3H3,(H,26,30). The van der Waals surface area contributed by atoms with E-state index in [-0.39, 0.29) is 29.6 Å². The third kappa shape index (κ3) is 6.32. The fraction of sp³-hybridized carbons (Fsp3) is 0.417. The number of nitrogens with zero attached hydrogens (tertiary/aromatic N) is 3. The second-order valence-electron chi connectivity index (χ2n) is 8.12. The van der Waals surface area contributed by atoms with E-state index in [0.29, 0.717) is 24.2 Å². The minimum atomic E-state index is -3.56.